The monoisotopic (exact) mass is 364 g/mol. The predicted octanol–water partition coefficient (Wildman–Crippen LogP) is 4.94. The number of aryl methyl sites for hydroxylation is 1. The molecule has 3 rings (SSSR count). The van der Waals surface area contributed by atoms with Gasteiger partial charge in [0.05, 0.1) is 0 Å². The highest BCUT2D eigenvalue weighted by atomic mass is 16.2. The van der Waals surface area contributed by atoms with Crippen molar-refractivity contribution in [2.45, 2.75) is 46.5 Å². The molecule has 1 aliphatic rings. The number of hydrogen-bond acceptors (Lipinski definition) is 3. The summed E-state index contributed by atoms with van der Waals surface area (Å²) in [5.74, 6) is 0.165. The zero-order valence-electron chi connectivity index (χ0n) is 16.8. The van der Waals surface area contributed by atoms with Crippen LogP contribution in [0.1, 0.15) is 55.6 Å². The average molecular weight is 364 g/mol. The summed E-state index contributed by atoms with van der Waals surface area (Å²) < 4.78 is 0. The van der Waals surface area contributed by atoms with Crippen molar-refractivity contribution in [3.8, 4) is 11.1 Å². The number of nitrogens with one attached hydrogen (secondary N) is 1. The molecule has 0 fully saturated rings. The number of anilines is 2. The maximum Gasteiger partial charge on any atom is 0.227 e. The summed E-state index contributed by atoms with van der Waals surface area (Å²) in [6.07, 6.45) is 1.40. The van der Waals surface area contributed by atoms with Gasteiger partial charge < -0.3 is 10.2 Å². The van der Waals surface area contributed by atoms with Crippen molar-refractivity contribution in [3.05, 3.63) is 47.0 Å². The van der Waals surface area contributed by atoms with E-state index in [1.165, 1.54) is 5.56 Å². The summed E-state index contributed by atoms with van der Waals surface area (Å²) in [4.78, 5) is 25.9. The minimum atomic E-state index is -0.184. The van der Waals surface area contributed by atoms with E-state index in [1.54, 1.807) is 0 Å². The second-order valence-corrected chi connectivity index (χ2v) is 7.84. The topological polar surface area (TPSA) is 49.4 Å². The van der Waals surface area contributed by atoms with E-state index >= 15 is 0 Å². The van der Waals surface area contributed by atoms with E-state index in [4.69, 9.17) is 0 Å². The lowest BCUT2D eigenvalue weighted by molar-refractivity contribution is -0.120. The first-order valence-electron chi connectivity index (χ1n) is 9.61. The number of rotatable bonds is 5. The summed E-state index contributed by atoms with van der Waals surface area (Å²) in [6, 6.07) is 10.0. The van der Waals surface area contributed by atoms with Crippen molar-refractivity contribution >= 4 is 23.6 Å². The largest absolute Gasteiger partial charge is 0.385 e. The molecule has 0 radical (unpaired) electrons. The number of nitrogens with zero attached hydrogens (tertiary/aromatic N) is 1. The van der Waals surface area contributed by atoms with Gasteiger partial charge in [0.2, 0.25) is 5.91 Å². The summed E-state index contributed by atoms with van der Waals surface area (Å²) in [5, 5.41) is 3.39. The van der Waals surface area contributed by atoms with E-state index in [-0.39, 0.29) is 11.3 Å². The van der Waals surface area contributed by atoms with Gasteiger partial charge in [-0.25, -0.2) is 0 Å². The quantitative estimate of drug-likeness (QED) is 0.765. The molecule has 0 unspecified atom stereocenters. The third kappa shape index (κ3) is 3.36. The number of benzene rings is 2. The number of carbonyl (C=O) groups is 2. The van der Waals surface area contributed by atoms with E-state index in [2.05, 4.69) is 45.1 Å². The van der Waals surface area contributed by atoms with Crippen molar-refractivity contribution in [1.29, 1.82) is 0 Å². The standard InChI is InChI=1S/C23H28N2O2/c1-6-24-20-9-8-16(14-26)11-18(20)17-12-21-19(10-15(17)3)23(4,5)13-22(27)25(21)7-2/h8-12,14,24H,6-7,13H2,1-5H3. The van der Waals surface area contributed by atoms with Gasteiger partial charge in [-0.1, -0.05) is 19.9 Å². The lowest BCUT2D eigenvalue weighted by Crippen LogP contribution is -2.41. The molecule has 4 heteroatoms. The highest BCUT2D eigenvalue weighted by Crippen LogP contribution is 2.44. The lowest BCUT2D eigenvalue weighted by atomic mass is 9.75. The van der Waals surface area contributed by atoms with Gasteiger partial charge in [0.15, 0.2) is 0 Å². The Balaban J connectivity index is 2.26. The van der Waals surface area contributed by atoms with Gasteiger partial charge in [0.25, 0.3) is 0 Å². The highest BCUT2D eigenvalue weighted by molar-refractivity contribution is 5.99. The predicted molar refractivity (Wildman–Crippen MR) is 112 cm³/mol. The third-order valence-electron chi connectivity index (χ3n) is 5.41. The zero-order chi connectivity index (χ0) is 19.8. The molecule has 1 N–H and O–H groups in total. The van der Waals surface area contributed by atoms with Crippen LogP contribution in [0.25, 0.3) is 11.1 Å². The van der Waals surface area contributed by atoms with Gasteiger partial charge in [0, 0.05) is 47.4 Å². The van der Waals surface area contributed by atoms with Gasteiger partial charge in [0.1, 0.15) is 6.29 Å². The molecule has 0 bridgehead atoms. The third-order valence-corrected chi connectivity index (χ3v) is 5.41. The van der Waals surface area contributed by atoms with E-state index in [0.717, 1.165) is 40.9 Å². The number of hydrogen-bond donors (Lipinski definition) is 1. The molecular formula is C23H28N2O2. The van der Waals surface area contributed by atoms with E-state index in [1.807, 2.05) is 30.0 Å². The lowest BCUT2D eigenvalue weighted by Gasteiger charge is -2.39. The highest BCUT2D eigenvalue weighted by Gasteiger charge is 2.36. The van der Waals surface area contributed by atoms with Crippen LogP contribution in [0.15, 0.2) is 30.3 Å². The summed E-state index contributed by atoms with van der Waals surface area (Å²) in [7, 11) is 0. The summed E-state index contributed by atoms with van der Waals surface area (Å²) in [5.41, 5.74) is 6.85. The van der Waals surface area contributed by atoms with Gasteiger partial charge in [-0.15, -0.1) is 0 Å². The number of aldehydes is 1. The van der Waals surface area contributed by atoms with Crippen LogP contribution in [-0.2, 0) is 10.2 Å². The molecule has 0 saturated carbocycles. The SMILES string of the molecule is CCNc1ccc(C=O)cc1-c1cc2c(cc1C)C(C)(C)CC(=O)N2CC. The molecule has 0 atom stereocenters. The molecular weight excluding hydrogens is 336 g/mol. The Kier molecular flexibility index (Phi) is 5.09. The minimum absolute atomic E-state index is 0.165. The van der Waals surface area contributed by atoms with Crippen LogP contribution >= 0.6 is 0 Å². The second-order valence-electron chi connectivity index (χ2n) is 7.84. The molecule has 0 saturated heterocycles. The van der Waals surface area contributed by atoms with Gasteiger partial charge in [-0.2, -0.15) is 0 Å². The van der Waals surface area contributed by atoms with Crippen molar-refractivity contribution < 1.29 is 9.59 Å². The van der Waals surface area contributed by atoms with Crippen LogP contribution in [-0.4, -0.2) is 25.3 Å². The Morgan fingerprint density at radius 1 is 1.15 bits per heavy atom. The molecule has 142 valence electrons. The Hall–Kier alpha value is -2.62. The van der Waals surface area contributed by atoms with Crippen LogP contribution in [0.3, 0.4) is 0 Å². The normalized spacial score (nSPS) is 15.4. The van der Waals surface area contributed by atoms with Crippen molar-refractivity contribution in [3.63, 3.8) is 0 Å². The molecule has 1 amide bonds. The van der Waals surface area contributed by atoms with Crippen LogP contribution in [0.2, 0.25) is 0 Å². The van der Waals surface area contributed by atoms with Crippen molar-refractivity contribution in [2.75, 3.05) is 23.3 Å². The van der Waals surface area contributed by atoms with Crippen molar-refractivity contribution in [1.82, 2.24) is 0 Å². The van der Waals surface area contributed by atoms with Crippen LogP contribution in [0.5, 0.6) is 0 Å². The van der Waals surface area contributed by atoms with Crippen molar-refractivity contribution in [2.24, 2.45) is 0 Å². The van der Waals surface area contributed by atoms with E-state index in [0.29, 0.717) is 18.5 Å². The molecule has 1 heterocycles. The van der Waals surface area contributed by atoms with Gasteiger partial charge in [-0.3, -0.25) is 9.59 Å². The molecule has 0 aromatic heterocycles. The molecule has 27 heavy (non-hydrogen) atoms. The first-order chi connectivity index (χ1) is 12.8. The van der Waals surface area contributed by atoms with Gasteiger partial charge >= 0.3 is 0 Å². The molecule has 2 aromatic rings. The fourth-order valence-electron chi connectivity index (χ4n) is 4.00. The Labute approximate surface area is 161 Å². The maximum absolute atomic E-state index is 12.7. The molecule has 4 nitrogen and oxygen atoms in total. The number of carbonyl (C=O) groups excluding carboxylic acids is 2. The average Bonchev–Trinajstić information content (AvgIpc) is 2.62. The van der Waals surface area contributed by atoms with E-state index < -0.39 is 0 Å². The number of fused-ring (bicyclic) bond motifs is 1. The van der Waals surface area contributed by atoms with Crippen LogP contribution in [0, 0.1) is 6.92 Å². The first-order valence-corrected chi connectivity index (χ1v) is 9.61. The second kappa shape index (κ2) is 7.18. The molecule has 2 aromatic carbocycles. The molecule has 0 spiro atoms. The fraction of sp³-hybridized carbons (Fsp3) is 0.391. The maximum atomic E-state index is 12.7. The molecule has 1 aliphatic heterocycles. The Morgan fingerprint density at radius 2 is 1.89 bits per heavy atom. The zero-order valence-corrected chi connectivity index (χ0v) is 16.8. The van der Waals surface area contributed by atoms with Gasteiger partial charge in [-0.05, 0) is 61.7 Å². The Bertz CT molecular complexity index is 899. The van der Waals surface area contributed by atoms with Crippen LogP contribution < -0.4 is 10.2 Å². The fourth-order valence-corrected chi connectivity index (χ4v) is 4.00. The smallest absolute Gasteiger partial charge is 0.227 e. The minimum Gasteiger partial charge on any atom is -0.385 e. The van der Waals surface area contributed by atoms with Crippen LogP contribution in [0.4, 0.5) is 11.4 Å². The number of amides is 1. The first kappa shape index (κ1) is 19.2. The molecule has 0 aliphatic carbocycles. The summed E-state index contributed by atoms with van der Waals surface area (Å²) in [6.45, 7) is 11.9. The van der Waals surface area contributed by atoms with E-state index in [9.17, 15) is 9.59 Å². The summed E-state index contributed by atoms with van der Waals surface area (Å²) >= 11 is 0. The Morgan fingerprint density at radius 3 is 2.52 bits per heavy atom.